The summed E-state index contributed by atoms with van der Waals surface area (Å²) >= 11 is 0. The molecule has 1 N–H and O–H groups in total. The zero-order valence-electron chi connectivity index (χ0n) is 16.7. The van der Waals surface area contributed by atoms with E-state index in [1.807, 2.05) is 72.3 Å². The molecule has 0 bridgehead atoms. The molecule has 0 spiro atoms. The van der Waals surface area contributed by atoms with Gasteiger partial charge in [0.05, 0.1) is 10.4 Å². The minimum Gasteiger partial charge on any atom is -0.276 e. The minimum absolute atomic E-state index is 0.282. The van der Waals surface area contributed by atoms with Gasteiger partial charge in [0.25, 0.3) is 0 Å². The van der Waals surface area contributed by atoms with Crippen LogP contribution in [0.25, 0.3) is 10.9 Å². The van der Waals surface area contributed by atoms with Gasteiger partial charge in [-0.15, -0.1) is 0 Å². The van der Waals surface area contributed by atoms with Crippen LogP contribution in [0.3, 0.4) is 0 Å². The number of nitrogens with one attached hydrogen (secondary N) is 1. The van der Waals surface area contributed by atoms with Gasteiger partial charge < -0.3 is 0 Å². The van der Waals surface area contributed by atoms with Gasteiger partial charge in [-0.1, -0.05) is 54.1 Å². The smallest absolute Gasteiger partial charge is 0.240 e. The average Bonchev–Trinajstić information content (AvgIpc) is 3.11. The second-order valence-electron chi connectivity index (χ2n) is 7.11. The third kappa shape index (κ3) is 4.46. The van der Waals surface area contributed by atoms with Crippen LogP contribution in [0.1, 0.15) is 16.7 Å². The Labute approximate surface area is 177 Å². The first-order valence-corrected chi connectivity index (χ1v) is 11.2. The molecule has 0 aliphatic carbocycles. The minimum atomic E-state index is -3.52. The van der Waals surface area contributed by atoms with Crippen molar-refractivity contribution in [1.82, 2.24) is 9.29 Å². The topological polar surface area (TPSA) is 51.1 Å². The molecule has 0 amide bonds. The fourth-order valence-electron chi connectivity index (χ4n) is 3.31. The summed E-state index contributed by atoms with van der Waals surface area (Å²) < 4.78 is 29.7. The van der Waals surface area contributed by atoms with Crippen molar-refractivity contribution in [1.29, 1.82) is 0 Å². The second-order valence-corrected chi connectivity index (χ2v) is 8.87. The van der Waals surface area contributed by atoms with Crippen LogP contribution in [0, 0.1) is 18.9 Å². The van der Waals surface area contributed by atoms with E-state index in [1.165, 1.54) is 0 Å². The van der Waals surface area contributed by atoms with E-state index in [2.05, 4.69) is 16.7 Å². The maximum Gasteiger partial charge on any atom is 0.240 e. The molecule has 4 nitrogen and oxygen atoms in total. The van der Waals surface area contributed by atoms with Gasteiger partial charge in [0.15, 0.2) is 0 Å². The molecule has 30 heavy (non-hydrogen) atoms. The fourth-order valence-corrected chi connectivity index (χ4v) is 4.34. The molecule has 0 aliphatic heterocycles. The number of rotatable bonds is 5. The van der Waals surface area contributed by atoms with E-state index in [1.54, 1.807) is 24.3 Å². The van der Waals surface area contributed by atoms with Crippen LogP contribution in [0.5, 0.6) is 0 Å². The molecule has 1 aromatic heterocycles. The Kier molecular flexibility index (Phi) is 5.71. The Morgan fingerprint density at radius 2 is 1.60 bits per heavy atom. The summed E-state index contributed by atoms with van der Waals surface area (Å²) in [7, 11) is -3.52. The molecule has 0 fully saturated rings. The molecule has 0 radical (unpaired) electrons. The Morgan fingerprint density at radius 1 is 0.900 bits per heavy atom. The SMILES string of the molecule is Cc1ccc(S(=O)(=O)NCCc2cn(C#Cc3ccccc3)c3ccccc23)cc1. The van der Waals surface area contributed by atoms with Gasteiger partial charge in [-0.25, -0.2) is 13.1 Å². The first-order valence-electron chi connectivity index (χ1n) is 9.75. The molecule has 5 heteroatoms. The van der Waals surface area contributed by atoms with E-state index in [9.17, 15) is 8.42 Å². The zero-order valence-corrected chi connectivity index (χ0v) is 17.5. The van der Waals surface area contributed by atoms with Crippen LogP contribution in [0.4, 0.5) is 0 Å². The molecule has 0 atom stereocenters. The average molecular weight is 415 g/mol. The van der Waals surface area contributed by atoms with Crippen molar-refractivity contribution in [2.75, 3.05) is 6.54 Å². The number of benzene rings is 3. The summed E-state index contributed by atoms with van der Waals surface area (Å²) in [6.07, 6.45) is 2.56. The first-order chi connectivity index (χ1) is 14.5. The van der Waals surface area contributed by atoms with E-state index in [-0.39, 0.29) is 4.90 Å². The summed E-state index contributed by atoms with van der Waals surface area (Å²) in [4.78, 5) is 0.282. The van der Waals surface area contributed by atoms with E-state index in [0.29, 0.717) is 13.0 Å². The Morgan fingerprint density at radius 3 is 2.37 bits per heavy atom. The predicted octanol–water partition coefficient (Wildman–Crippen LogP) is 4.33. The van der Waals surface area contributed by atoms with E-state index in [4.69, 9.17) is 0 Å². The number of hydrogen-bond donors (Lipinski definition) is 1. The highest BCUT2D eigenvalue weighted by molar-refractivity contribution is 7.89. The first kappa shape index (κ1) is 20.0. The summed E-state index contributed by atoms with van der Waals surface area (Å²) in [5.41, 5.74) is 4.04. The maximum absolute atomic E-state index is 12.5. The lowest BCUT2D eigenvalue weighted by Crippen LogP contribution is -2.25. The number of hydrogen-bond acceptors (Lipinski definition) is 2. The van der Waals surface area contributed by atoms with Gasteiger partial charge >= 0.3 is 0 Å². The number of fused-ring (bicyclic) bond motifs is 1. The van der Waals surface area contributed by atoms with Crippen molar-refractivity contribution in [2.24, 2.45) is 0 Å². The zero-order chi connectivity index (χ0) is 21.0. The fraction of sp³-hybridized carbons (Fsp3) is 0.120. The summed E-state index contributed by atoms with van der Waals surface area (Å²) in [6, 6.07) is 27.9. The van der Waals surface area contributed by atoms with Gasteiger partial charge in [-0.05, 0) is 55.2 Å². The number of aromatic nitrogens is 1. The highest BCUT2D eigenvalue weighted by Gasteiger charge is 2.14. The molecule has 0 unspecified atom stereocenters. The molecule has 1 heterocycles. The van der Waals surface area contributed by atoms with Crippen LogP contribution < -0.4 is 4.72 Å². The van der Waals surface area contributed by atoms with Crippen molar-refractivity contribution >= 4 is 20.9 Å². The lowest BCUT2D eigenvalue weighted by Gasteiger charge is -2.06. The predicted molar refractivity (Wildman–Crippen MR) is 121 cm³/mol. The largest absolute Gasteiger partial charge is 0.276 e. The molecular formula is C25H22N2O2S. The van der Waals surface area contributed by atoms with Gasteiger partial charge in [0.2, 0.25) is 10.0 Å². The summed E-state index contributed by atoms with van der Waals surface area (Å²) in [5, 5.41) is 1.08. The van der Waals surface area contributed by atoms with Crippen molar-refractivity contribution < 1.29 is 8.42 Å². The molecule has 0 saturated carbocycles. The molecular weight excluding hydrogens is 392 g/mol. The molecule has 150 valence electrons. The number of sulfonamides is 1. The highest BCUT2D eigenvalue weighted by Crippen LogP contribution is 2.21. The van der Waals surface area contributed by atoms with Gasteiger partial charge in [0, 0.05) is 29.7 Å². The Hall–Kier alpha value is -3.33. The van der Waals surface area contributed by atoms with Crippen molar-refractivity contribution in [3.05, 3.63) is 102 Å². The molecule has 3 aromatic carbocycles. The summed E-state index contributed by atoms with van der Waals surface area (Å²) in [6.45, 7) is 2.25. The lowest BCUT2D eigenvalue weighted by molar-refractivity contribution is 0.581. The van der Waals surface area contributed by atoms with E-state index in [0.717, 1.165) is 27.6 Å². The van der Waals surface area contributed by atoms with Crippen LogP contribution in [0.2, 0.25) is 0 Å². The Balaban J connectivity index is 1.54. The number of nitrogens with zero attached hydrogens (tertiary/aromatic N) is 1. The van der Waals surface area contributed by atoms with Gasteiger partial charge in [-0.3, -0.25) is 4.57 Å². The third-order valence-electron chi connectivity index (χ3n) is 4.91. The molecule has 0 aliphatic rings. The van der Waals surface area contributed by atoms with Gasteiger partial charge in [-0.2, -0.15) is 0 Å². The van der Waals surface area contributed by atoms with Crippen molar-refractivity contribution in [2.45, 2.75) is 18.2 Å². The molecule has 0 saturated heterocycles. The Bertz CT molecular complexity index is 1330. The molecule has 4 rings (SSSR count). The van der Waals surface area contributed by atoms with Crippen molar-refractivity contribution in [3.8, 4) is 12.0 Å². The normalized spacial score (nSPS) is 11.2. The second kappa shape index (κ2) is 8.58. The van der Waals surface area contributed by atoms with E-state index < -0.39 is 10.0 Å². The number of aryl methyl sites for hydroxylation is 1. The van der Waals surface area contributed by atoms with Crippen LogP contribution in [-0.2, 0) is 16.4 Å². The monoisotopic (exact) mass is 414 g/mol. The van der Waals surface area contributed by atoms with Crippen molar-refractivity contribution in [3.63, 3.8) is 0 Å². The van der Waals surface area contributed by atoms with Crippen LogP contribution in [0.15, 0.2) is 90.0 Å². The third-order valence-corrected chi connectivity index (χ3v) is 6.38. The quantitative estimate of drug-likeness (QED) is 0.494. The van der Waals surface area contributed by atoms with E-state index >= 15 is 0 Å². The maximum atomic E-state index is 12.5. The van der Waals surface area contributed by atoms with Crippen LogP contribution >= 0.6 is 0 Å². The summed E-state index contributed by atoms with van der Waals surface area (Å²) in [5.74, 6) is 3.17. The van der Waals surface area contributed by atoms with Crippen LogP contribution in [-0.4, -0.2) is 19.5 Å². The lowest BCUT2D eigenvalue weighted by atomic mass is 10.1. The molecule has 4 aromatic rings. The standard InChI is InChI=1S/C25H22N2O2S/c1-20-11-13-23(14-12-20)30(28,29)26-17-15-22-19-27(25-10-6-5-9-24(22)25)18-16-21-7-3-2-4-8-21/h2-14,19,26H,15,17H2,1H3. The van der Waals surface area contributed by atoms with Gasteiger partial charge in [0.1, 0.15) is 0 Å². The highest BCUT2D eigenvalue weighted by atomic mass is 32.2. The number of para-hydroxylation sites is 1.